The van der Waals surface area contributed by atoms with Gasteiger partial charge in [0.2, 0.25) is 5.91 Å². The molecule has 0 aliphatic carbocycles. The van der Waals surface area contributed by atoms with Crippen LogP contribution in [-0.2, 0) is 11.4 Å². The number of hydrogen-bond acceptors (Lipinski definition) is 5. The fraction of sp³-hybridized carbons (Fsp3) is 0.172. The molecule has 1 unspecified atom stereocenters. The van der Waals surface area contributed by atoms with Gasteiger partial charge in [-0.2, -0.15) is 0 Å². The molecule has 200 valence electrons. The highest BCUT2D eigenvalue weighted by Crippen LogP contribution is 2.35. The number of aromatic carboxylic acids is 1. The number of para-hydroxylation sites is 1. The normalized spacial score (nSPS) is 11.6. The fourth-order valence-corrected chi connectivity index (χ4v) is 4.68. The Morgan fingerprint density at radius 1 is 1.00 bits per heavy atom. The zero-order valence-electron chi connectivity index (χ0n) is 21.4. The fourth-order valence-electron chi connectivity index (χ4n) is 4.07. The van der Waals surface area contributed by atoms with E-state index < -0.39 is 23.8 Å². The number of carbonyl (C=O) groups is 3. The van der Waals surface area contributed by atoms with Crippen LogP contribution < -0.4 is 15.0 Å². The van der Waals surface area contributed by atoms with Crippen LogP contribution >= 0.6 is 23.2 Å². The molecule has 2 amide bonds. The molecule has 0 aliphatic rings. The minimum Gasteiger partial charge on any atom is -0.487 e. The smallest absolute Gasteiger partial charge is 0.336 e. The Morgan fingerprint density at radius 2 is 1.72 bits per heavy atom. The van der Waals surface area contributed by atoms with Crippen molar-refractivity contribution in [2.24, 2.45) is 0 Å². The number of anilines is 1. The van der Waals surface area contributed by atoms with Crippen molar-refractivity contribution in [1.29, 1.82) is 0 Å². The Hall–Kier alpha value is -4.14. The van der Waals surface area contributed by atoms with Gasteiger partial charge in [0.05, 0.1) is 21.8 Å². The molecular weight excluding hydrogens is 541 g/mol. The number of hydrogen-bond donors (Lipinski definition) is 2. The van der Waals surface area contributed by atoms with Crippen LogP contribution in [0, 0.1) is 6.92 Å². The number of carboxylic acid groups (broad SMARTS) is 1. The second-order valence-electron chi connectivity index (χ2n) is 8.87. The zero-order chi connectivity index (χ0) is 28.3. The number of aryl methyl sites for hydroxylation is 1. The zero-order valence-corrected chi connectivity index (χ0v) is 22.9. The van der Waals surface area contributed by atoms with E-state index in [4.69, 9.17) is 27.9 Å². The number of likely N-dealkylation sites (N-methyl/N-ethyl adjacent to an activating group) is 1. The molecular formula is C29H25Cl2N3O5. The second-order valence-corrected chi connectivity index (χ2v) is 9.66. The van der Waals surface area contributed by atoms with Crippen molar-refractivity contribution < 1.29 is 24.2 Å². The monoisotopic (exact) mass is 565 g/mol. The van der Waals surface area contributed by atoms with Crippen LogP contribution in [0.3, 0.4) is 0 Å². The largest absolute Gasteiger partial charge is 0.487 e. The van der Waals surface area contributed by atoms with Crippen LogP contribution in [0.2, 0.25) is 10.0 Å². The van der Waals surface area contributed by atoms with Gasteiger partial charge in [-0.05, 0) is 50.2 Å². The maximum atomic E-state index is 13.2. The van der Waals surface area contributed by atoms with E-state index in [2.05, 4.69) is 10.3 Å². The lowest BCUT2D eigenvalue weighted by Gasteiger charge is -2.24. The van der Waals surface area contributed by atoms with Crippen molar-refractivity contribution in [1.82, 2.24) is 10.3 Å². The molecule has 0 saturated heterocycles. The average molecular weight is 566 g/mol. The maximum Gasteiger partial charge on any atom is 0.336 e. The summed E-state index contributed by atoms with van der Waals surface area (Å²) in [6.07, 6.45) is 0. The topological polar surface area (TPSA) is 109 Å². The summed E-state index contributed by atoms with van der Waals surface area (Å²) >= 11 is 13.1. The van der Waals surface area contributed by atoms with Crippen LogP contribution in [0.5, 0.6) is 5.75 Å². The lowest BCUT2D eigenvalue weighted by Crippen LogP contribution is -2.46. The third kappa shape index (κ3) is 5.97. The Morgan fingerprint density at radius 3 is 2.44 bits per heavy atom. The molecule has 0 bridgehead atoms. The van der Waals surface area contributed by atoms with Crippen LogP contribution in [0.1, 0.15) is 38.9 Å². The van der Waals surface area contributed by atoms with Crippen LogP contribution in [0.4, 0.5) is 5.69 Å². The molecule has 4 aromatic rings. The average Bonchev–Trinajstić information content (AvgIpc) is 2.92. The molecule has 0 spiro atoms. The number of fused-ring (bicyclic) bond motifs is 1. The Labute approximate surface area is 235 Å². The van der Waals surface area contributed by atoms with Crippen LogP contribution in [0.25, 0.3) is 10.9 Å². The molecule has 0 aliphatic heterocycles. The molecule has 1 atom stereocenters. The quantitative estimate of drug-likeness (QED) is 0.275. The highest BCUT2D eigenvalue weighted by molar-refractivity contribution is 6.38. The number of benzene rings is 3. The summed E-state index contributed by atoms with van der Waals surface area (Å²) in [4.78, 5) is 43.3. The third-order valence-electron chi connectivity index (χ3n) is 6.17. The first kappa shape index (κ1) is 27.9. The maximum absolute atomic E-state index is 13.2. The van der Waals surface area contributed by atoms with E-state index in [1.165, 1.54) is 37.1 Å². The molecule has 1 heterocycles. The molecule has 0 fully saturated rings. The van der Waals surface area contributed by atoms with Gasteiger partial charge in [-0.1, -0.05) is 53.5 Å². The molecule has 8 nitrogen and oxygen atoms in total. The lowest BCUT2D eigenvalue weighted by molar-refractivity contribution is -0.119. The van der Waals surface area contributed by atoms with E-state index in [0.29, 0.717) is 27.5 Å². The number of nitrogens with one attached hydrogen (secondary N) is 1. The van der Waals surface area contributed by atoms with E-state index in [0.717, 1.165) is 11.1 Å². The van der Waals surface area contributed by atoms with Crippen molar-refractivity contribution in [2.75, 3.05) is 11.9 Å². The van der Waals surface area contributed by atoms with Gasteiger partial charge in [-0.3, -0.25) is 9.59 Å². The number of pyridine rings is 1. The predicted molar refractivity (Wildman–Crippen MR) is 151 cm³/mol. The lowest BCUT2D eigenvalue weighted by atomic mass is 10.1. The summed E-state index contributed by atoms with van der Waals surface area (Å²) in [6, 6.07) is 17.5. The molecule has 10 heteroatoms. The summed E-state index contributed by atoms with van der Waals surface area (Å²) in [5.41, 5.74) is 2.20. The van der Waals surface area contributed by atoms with Gasteiger partial charge in [0.1, 0.15) is 23.9 Å². The van der Waals surface area contributed by atoms with E-state index in [1.54, 1.807) is 18.2 Å². The minimum absolute atomic E-state index is 0.0283. The standard InChI is InChI=1S/C29H25Cl2N3O5/c1-16-11-12-18-7-6-10-24(26(18)32-16)39-15-21-22(30)13-14-23(25(21)31)34(3)28(36)17(2)33-27(35)19-8-4-5-9-20(19)29(37)38/h4-14,17H,15H2,1-3H3,(H,33,35)(H,37,38). The first-order valence-electron chi connectivity index (χ1n) is 11.9. The molecule has 4 rings (SSSR count). The highest BCUT2D eigenvalue weighted by atomic mass is 35.5. The molecule has 0 radical (unpaired) electrons. The Kier molecular flexibility index (Phi) is 8.38. The van der Waals surface area contributed by atoms with Gasteiger partial charge < -0.3 is 20.1 Å². The summed E-state index contributed by atoms with van der Waals surface area (Å²) in [5, 5.41) is 13.4. The van der Waals surface area contributed by atoms with E-state index in [-0.39, 0.29) is 22.8 Å². The number of amides is 2. The number of rotatable bonds is 8. The van der Waals surface area contributed by atoms with Crippen molar-refractivity contribution >= 4 is 57.6 Å². The summed E-state index contributed by atoms with van der Waals surface area (Å²) in [7, 11) is 1.52. The minimum atomic E-state index is -1.24. The predicted octanol–water partition coefficient (Wildman–Crippen LogP) is 5.91. The number of carbonyl (C=O) groups excluding carboxylic acids is 2. The van der Waals surface area contributed by atoms with Crippen molar-refractivity contribution in [3.63, 3.8) is 0 Å². The number of halogens is 2. The Bertz CT molecular complexity index is 1590. The van der Waals surface area contributed by atoms with Crippen molar-refractivity contribution in [3.8, 4) is 5.75 Å². The van der Waals surface area contributed by atoms with Gasteiger partial charge >= 0.3 is 5.97 Å². The van der Waals surface area contributed by atoms with Crippen LogP contribution in [0.15, 0.2) is 66.7 Å². The summed E-state index contributed by atoms with van der Waals surface area (Å²) in [5.74, 6) is -1.83. The molecule has 3 aromatic carbocycles. The number of nitrogens with zero attached hydrogens (tertiary/aromatic N) is 2. The third-order valence-corrected chi connectivity index (χ3v) is 6.95. The summed E-state index contributed by atoms with van der Waals surface area (Å²) in [6.45, 7) is 3.43. The van der Waals surface area contributed by atoms with E-state index in [9.17, 15) is 19.5 Å². The number of aromatic nitrogens is 1. The van der Waals surface area contributed by atoms with E-state index >= 15 is 0 Å². The number of ether oxygens (including phenoxy) is 1. The van der Waals surface area contributed by atoms with Gasteiger partial charge in [-0.15, -0.1) is 0 Å². The van der Waals surface area contributed by atoms with Gasteiger partial charge in [-0.25, -0.2) is 9.78 Å². The molecule has 2 N–H and O–H groups in total. The first-order chi connectivity index (χ1) is 18.6. The first-order valence-corrected chi connectivity index (χ1v) is 12.7. The summed E-state index contributed by atoms with van der Waals surface area (Å²) < 4.78 is 6.06. The van der Waals surface area contributed by atoms with E-state index in [1.807, 2.05) is 37.3 Å². The van der Waals surface area contributed by atoms with Gasteiger partial charge in [0.15, 0.2) is 0 Å². The molecule has 1 aromatic heterocycles. The molecule has 0 saturated carbocycles. The SMILES string of the molecule is Cc1ccc2cccc(OCc3c(Cl)ccc(N(C)C(=O)C(C)NC(=O)c4ccccc4C(=O)O)c3Cl)c2n1. The number of carboxylic acids is 1. The molecule has 39 heavy (non-hydrogen) atoms. The second kappa shape index (κ2) is 11.7. The van der Waals surface area contributed by atoms with Crippen molar-refractivity contribution in [2.45, 2.75) is 26.5 Å². The van der Waals surface area contributed by atoms with Crippen LogP contribution in [-0.4, -0.2) is 41.0 Å². The Balaban J connectivity index is 1.52. The van der Waals surface area contributed by atoms with Crippen molar-refractivity contribution in [3.05, 3.63) is 99.2 Å². The van der Waals surface area contributed by atoms with Gasteiger partial charge in [0.25, 0.3) is 5.91 Å². The van der Waals surface area contributed by atoms with Gasteiger partial charge in [0, 0.05) is 28.7 Å². The highest BCUT2D eigenvalue weighted by Gasteiger charge is 2.25.